The van der Waals surface area contributed by atoms with Crippen LogP contribution in [0, 0.1) is 0 Å². The average Bonchev–Trinajstić information content (AvgIpc) is 2.48. The molecule has 1 aliphatic carbocycles. The topological polar surface area (TPSA) is 54.5 Å². The van der Waals surface area contributed by atoms with E-state index in [0.717, 1.165) is 44.1 Å². The third-order valence-corrected chi connectivity index (χ3v) is 5.20. The maximum Gasteiger partial charge on any atom is 0.253 e. The first-order chi connectivity index (χ1) is 10.8. The number of pyridine rings is 1. The first-order valence-corrected chi connectivity index (χ1v) is 8.48. The van der Waals surface area contributed by atoms with Crippen molar-refractivity contribution in [2.24, 2.45) is 0 Å². The molecular formula is C17H23N3O2. The number of fused-ring (bicyclic) bond motifs is 1. The number of ether oxygens (including phenoxy) is 1. The summed E-state index contributed by atoms with van der Waals surface area (Å²) in [4.78, 5) is 18.9. The van der Waals surface area contributed by atoms with Crippen LogP contribution >= 0.6 is 0 Å². The second-order valence-corrected chi connectivity index (χ2v) is 6.59. The third kappa shape index (κ3) is 2.70. The number of hydrogen-bond donors (Lipinski definition) is 1. The number of amides is 1. The summed E-state index contributed by atoms with van der Waals surface area (Å²) in [6.45, 7) is 2.95. The summed E-state index contributed by atoms with van der Waals surface area (Å²) in [6.07, 6.45) is 7.36. The van der Waals surface area contributed by atoms with Gasteiger partial charge in [-0.05, 0) is 31.7 Å². The Morgan fingerprint density at radius 3 is 2.73 bits per heavy atom. The maximum absolute atomic E-state index is 11.7. The number of piperidine rings is 1. The van der Waals surface area contributed by atoms with Crippen LogP contribution in [0.1, 0.15) is 48.2 Å². The molecule has 5 heteroatoms. The van der Waals surface area contributed by atoms with Crippen LogP contribution in [0.25, 0.3) is 0 Å². The predicted octanol–water partition coefficient (Wildman–Crippen LogP) is 1.76. The number of hydrogen-bond acceptors (Lipinski definition) is 4. The van der Waals surface area contributed by atoms with Crippen LogP contribution in [0.3, 0.4) is 0 Å². The van der Waals surface area contributed by atoms with Gasteiger partial charge >= 0.3 is 0 Å². The number of aromatic nitrogens is 1. The van der Waals surface area contributed by atoms with Gasteiger partial charge in [-0.2, -0.15) is 0 Å². The molecule has 2 aliphatic heterocycles. The van der Waals surface area contributed by atoms with Gasteiger partial charge in [-0.3, -0.25) is 4.79 Å². The molecule has 1 aromatic heterocycles. The van der Waals surface area contributed by atoms with Crippen molar-refractivity contribution in [1.29, 1.82) is 0 Å². The molecule has 0 bridgehead atoms. The zero-order valence-corrected chi connectivity index (χ0v) is 12.9. The van der Waals surface area contributed by atoms with E-state index >= 15 is 0 Å². The van der Waals surface area contributed by atoms with E-state index in [4.69, 9.17) is 4.74 Å². The van der Waals surface area contributed by atoms with Crippen LogP contribution in [-0.4, -0.2) is 47.6 Å². The van der Waals surface area contributed by atoms with Gasteiger partial charge in [0, 0.05) is 38.2 Å². The summed E-state index contributed by atoms with van der Waals surface area (Å²) in [7, 11) is 0. The number of carbonyl (C=O) groups is 1. The molecule has 4 rings (SSSR count). The number of rotatable bonds is 3. The summed E-state index contributed by atoms with van der Waals surface area (Å²) in [6, 6.07) is 4.51. The first-order valence-electron chi connectivity index (χ1n) is 8.48. The minimum Gasteiger partial charge on any atom is -0.474 e. The first kappa shape index (κ1) is 14.0. The summed E-state index contributed by atoms with van der Waals surface area (Å²) in [5.74, 6) is 0.657. The average molecular weight is 301 g/mol. The maximum atomic E-state index is 11.7. The van der Waals surface area contributed by atoms with Crippen LogP contribution in [0.15, 0.2) is 12.1 Å². The molecule has 1 amide bonds. The van der Waals surface area contributed by atoms with Crippen molar-refractivity contribution >= 4 is 5.91 Å². The van der Waals surface area contributed by atoms with Gasteiger partial charge in [0.1, 0.15) is 6.10 Å². The quantitative estimate of drug-likeness (QED) is 0.924. The van der Waals surface area contributed by atoms with E-state index in [2.05, 4.69) is 15.2 Å². The van der Waals surface area contributed by atoms with Crippen LogP contribution in [0.2, 0.25) is 0 Å². The lowest BCUT2D eigenvalue weighted by molar-refractivity contribution is 0.0474. The number of nitrogens with one attached hydrogen (secondary N) is 1. The Kier molecular flexibility index (Phi) is 3.74. The van der Waals surface area contributed by atoms with Crippen molar-refractivity contribution in [3.63, 3.8) is 0 Å². The molecule has 0 spiro atoms. The molecule has 2 fully saturated rings. The van der Waals surface area contributed by atoms with Gasteiger partial charge in [0.05, 0.1) is 11.3 Å². The Labute approximate surface area is 131 Å². The number of likely N-dealkylation sites (tertiary alicyclic amines) is 1. The van der Waals surface area contributed by atoms with Crippen molar-refractivity contribution in [3.8, 4) is 5.88 Å². The molecule has 1 aromatic rings. The molecule has 22 heavy (non-hydrogen) atoms. The highest BCUT2D eigenvalue weighted by Gasteiger charge is 2.29. The lowest BCUT2D eigenvalue weighted by atomic mass is 9.90. The molecule has 5 nitrogen and oxygen atoms in total. The highest BCUT2D eigenvalue weighted by Crippen LogP contribution is 2.28. The van der Waals surface area contributed by atoms with Crippen LogP contribution in [0.5, 0.6) is 5.88 Å². The summed E-state index contributed by atoms with van der Waals surface area (Å²) in [5.41, 5.74) is 1.56. The van der Waals surface area contributed by atoms with E-state index in [1.807, 2.05) is 12.1 Å². The monoisotopic (exact) mass is 301 g/mol. The predicted molar refractivity (Wildman–Crippen MR) is 83.1 cm³/mol. The molecule has 1 saturated carbocycles. The largest absolute Gasteiger partial charge is 0.474 e. The minimum atomic E-state index is -0.0193. The van der Waals surface area contributed by atoms with Gasteiger partial charge in [-0.1, -0.05) is 6.42 Å². The van der Waals surface area contributed by atoms with E-state index in [1.165, 1.54) is 19.3 Å². The zero-order valence-electron chi connectivity index (χ0n) is 12.9. The van der Waals surface area contributed by atoms with E-state index < -0.39 is 0 Å². The van der Waals surface area contributed by atoms with Crippen LogP contribution in [-0.2, 0) is 6.42 Å². The highest BCUT2D eigenvalue weighted by molar-refractivity contribution is 5.96. The summed E-state index contributed by atoms with van der Waals surface area (Å²) >= 11 is 0. The van der Waals surface area contributed by atoms with Gasteiger partial charge in [0.25, 0.3) is 5.91 Å². The standard InChI is InChI=1S/C17H23N3O2/c21-17-14-4-5-16(19-15(14)6-9-18-17)22-13-7-10-20(11-8-13)12-2-1-3-12/h4-5,12-13H,1-3,6-11H2,(H,18,21). The lowest BCUT2D eigenvalue weighted by Gasteiger charge is -2.41. The molecule has 0 radical (unpaired) electrons. The summed E-state index contributed by atoms with van der Waals surface area (Å²) in [5, 5.41) is 2.84. The number of nitrogens with zero attached hydrogens (tertiary/aromatic N) is 2. The Morgan fingerprint density at radius 1 is 1.18 bits per heavy atom. The van der Waals surface area contributed by atoms with Gasteiger partial charge < -0.3 is 15.0 Å². The molecule has 3 heterocycles. The third-order valence-electron chi connectivity index (χ3n) is 5.20. The number of carbonyl (C=O) groups excluding carboxylic acids is 1. The Balaban J connectivity index is 1.36. The van der Waals surface area contributed by atoms with Crippen molar-refractivity contribution in [1.82, 2.24) is 15.2 Å². The fourth-order valence-corrected chi connectivity index (χ4v) is 3.62. The highest BCUT2D eigenvalue weighted by atomic mass is 16.5. The molecule has 0 aromatic carbocycles. The molecule has 0 atom stereocenters. The van der Waals surface area contributed by atoms with E-state index in [-0.39, 0.29) is 12.0 Å². The molecule has 1 N–H and O–H groups in total. The van der Waals surface area contributed by atoms with Crippen LogP contribution < -0.4 is 10.1 Å². The van der Waals surface area contributed by atoms with Crippen molar-refractivity contribution < 1.29 is 9.53 Å². The smallest absolute Gasteiger partial charge is 0.253 e. The Bertz CT molecular complexity index is 563. The second kappa shape index (κ2) is 5.88. The second-order valence-electron chi connectivity index (χ2n) is 6.59. The van der Waals surface area contributed by atoms with Crippen LogP contribution in [0.4, 0.5) is 0 Å². The fourth-order valence-electron chi connectivity index (χ4n) is 3.62. The molecule has 0 unspecified atom stereocenters. The van der Waals surface area contributed by atoms with Gasteiger partial charge in [0.15, 0.2) is 0 Å². The van der Waals surface area contributed by atoms with Crippen molar-refractivity contribution in [2.75, 3.05) is 19.6 Å². The fraction of sp³-hybridized carbons (Fsp3) is 0.647. The lowest BCUT2D eigenvalue weighted by Crippen LogP contribution is -2.46. The Morgan fingerprint density at radius 2 is 2.00 bits per heavy atom. The zero-order chi connectivity index (χ0) is 14.9. The Hall–Kier alpha value is -1.62. The van der Waals surface area contributed by atoms with Gasteiger partial charge in [-0.25, -0.2) is 4.98 Å². The SMILES string of the molecule is O=C1NCCc2nc(OC3CCN(C4CCC4)CC3)ccc21. The molecule has 118 valence electrons. The molecule has 3 aliphatic rings. The van der Waals surface area contributed by atoms with Gasteiger partial charge in [0.2, 0.25) is 5.88 Å². The molecular weight excluding hydrogens is 278 g/mol. The normalized spacial score (nSPS) is 23.5. The minimum absolute atomic E-state index is 0.0193. The van der Waals surface area contributed by atoms with E-state index in [9.17, 15) is 4.79 Å². The van der Waals surface area contributed by atoms with Crippen molar-refractivity contribution in [2.45, 2.75) is 50.7 Å². The molecule has 1 saturated heterocycles. The summed E-state index contributed by atoms with van der Waals surface area (Å²) < 4.78 is 6.07. The van der Waals surface area contributed by atoms with Crippen molar-refractivity contribution in [3.05, 3.63) is 23.4 Å². The van der Waals surface area contributed by atoms with E-state index in [0.29, 0.717) is 18.0 Å². The van der Waals surface area contributed by atoms with E-state index in [1.54, 1.807) is 0 Å². The van der Waals surface area contributed by atoms with Gasteiger partial charge in [-0.15, -0.1) is 0 Å².